The molecular weight excluding hydrogens is 390 g/mol. The highest BCUT2D eigenvalue weighted by Gasteiger charge is 2.18. The predicted molar refractivity (Wildman–Crippen MR) is 109 cm³/mol. The first-order valence-electron chi connectivity index (χ1n) is 9.81. The number of fused-ring (bicyclic) bond motifs is 1. The van der Waals surface area contributed by atoms with E-state index in [2.05, 4.69) is 5.32 Å². The van der Waals surface area contributed by atoms with Gasteiger partial charge >= 0.3 is 0 Å². The molecule has 8 nitrogen and oxygen atoms in total. The molecule has 8 heteroatoms. The molecule has 0 spiro atoms. The molecule has 30 heavy (non-hydrogen) atoms. The van der Waals surface area contributed by atoms with Crippen molar-refractivity contribution in [1.82, 2.24) is 5.32 Å². The summed E-state index contributed by atoms with van der Waals surface area (Å²) in [5, 5.41) is 22.2. The standard InChI is InChI=1S/C22H27NO7/c1-14(25)30-22-17(13-24)16(4-6-19(22)27-2)12-21(26)23-8-7-15-3-5-18-20(11-15)29-10-9-28-18/h3-6,11,14,24-25H,7-10,12-13H2,1-2H3,(H,23,26). The smallest absolute Gasteiger partial charge is 0.224 e. The fraction of sp³-hybridized carbons (Fsp3) is 0.409. The lowest BCUT2D eigenvalue weighted by atomic mass is 10.0. The molecule has 1 unspecified atom stereocenters. The Morgan fingerprint density at radius 3 is 2.67 bits per heavy atom. The van der Waals surface area contributed by atoms with Crippen LogP contribution in [0, 0.1) is 0 Å². The van der Waals surface area contributed by atoms with Crippen molar-refractivity contribution in [2.75, 3.05) is 26.9 Å². The summed E-state index contributed by atoms with van der Waals surface area (Å²) < 4.78 is 21.7. The van der Waals surface area contributed by atoms with Crippen molar-refractivity contribution < 1.29 is 34.0 Å². The highest BCUT2D eigenvalue weighted by Crippen LogP contribution is 2.35. The monoisotopic (exact) mass is 417 g/mol. The molecule has 2 aromatic rings. The maximum atomic E-state index is 12.4. The second-order valence-corrected chi connectivity index (χ2v) is 6.86. The Morgan fingerprint density at radius 1 is 1.20 bits per heavy atom. The number of hydrogen-bond donors (Lipinski definition) is 3. The van der Waals surface area contributed by atoms with Crippen molar-refractivity contribution in [3.8, 4) is 23.0 Å². The van der Waals surface area contributed by atoms with Crippen molar-refractivity contribution in [3.63, 3.8) is 0 Å². The Bertz CT molecular complexity index is 882. The molecule has 0 fully saturated rings. The van der Waals surface area contributed by atoms with E-state index in [-0.39, 0.29) is 24.7 Å². The van der Waals surface area contributed by atoms with E-state index in [1.165, 1.54) is 14.0 Å². The van der Waals surface area contributed by atoms with E-state index in [0.717, 1.165) is 17.1 Å². The lowest BCUT2D eigenvalue weighted by molar-refractivity contribution is -0.120. The maximum absolute atomic E-state index is 12.4. The Labute approximate surface area is 175 Å². The Hall–Kier alpha value is -2.97. The van der Waals surface area contributed by atoms with Crippen LogP contribution >= 0.6 is 0 Å². The molecule has 0 saturated carbocycles. The third-order valence-electron chi connectivity index (χ3n) is 4.68. The summed E-state index contributed by atoms with van der Waals surface area (Å²) in [5.41, 5.74) is 2.05. The summed E-state index contributed by atoms with van der Waals surface area (Å²) >= 11 is 0. The normalized spacial score (nSPS) is 13.5. The third kappa shape index (κ3) is 5.34. The summed E-state index contributed by atoms with van der Waals surface area (Å²) in [7, 11) is 1.47. The van der Waals surface area contributed by atoms with Gasteiger partial charge in [0.05, 0.1) is 20.1 Å². The second-order valence-electron chi connectivity index (χ2n) is 6.86. The topological polar surface area (TPSA) is 106 Å². The van der Waals surface area contributed by atoms with Crippen LogP contribution in [0.2, 0.25) is 0 Å². The van der Waals surface area contributed by atoms with E-state index in [1.807, 2.05) is 18.2 Å². The molecule has 0 aliphatic carbocycles. The zero-order chi connectivity index (χ0) is 21.5. The van der Waals surface area contributed by atoms with Gasteiger partial charge in [-0.05, 0) is 42.7 Å². The minimum atomic E-state index is -1.08. The molecule has 1 heterocycles. The van der Waals surface area contributed by atoms with Crippen LogP contribution in [0.5, 0.6) is 23.0 Å². The van der Waals surface area contributed by atoms with Crippen LogP contribution in [0.25, 0.3) is 0 Å². The van der Waals surface area contributed by atoms with Crippen molar-refractivity contribution in [1.29, 1.82) is 0 Å². The second kappa shape index (κ2) is 10.2. The van der Waals surface area contributed by atoms with Gasteiger partial charge in [0.2, 0.25) is 5.91 Å². The van der Waals surface area contributed by atoms with E-state index in [1.54, 1.807) is 12.1 Å². The largest absolute Gasteiger partial charge is 0.493 e. The number of carbonyl (C=O) groups is 1. The number of ether oxygens (including phenoxy) is 4. The van der Waals surface area contributed by atoms with Crippen molar-refractivity contribution in [2.45, 2.75) is 32.7 Å². The fourth-order valence-electron chi connectivity index (χ4n) is 3.27. The molecule has 162 valence electrons. The maximum Gasteiger partial charge on any atom is 0.224 e. The predicted octanol–water partition coefficient (Wildman–Crippen LogP) is 1.58. The molecule has 0 bridgehead atoms. The van der Waals surface area contributed by atoms with Crippen LogP contribution < -0.4 is 24.3 Å². The van der Waals surface area contributed by atoms with Crippen molar-refractivity contribution in [2.24, 2.45) is 0 Å². The lowest BCUT2D eigenvalue weighted by Gasteiger charge is -2.19. The number of rotatable bonds is 9. The van der Waals surface area contributed by atoms with Crippen molar-refractivity contribution in [3.05, 3.63) is 47.0 Å². The minimum Gasteiger partial charge on any atom is -0.493 e. The molecule has 1 aliphatic heterocycles. The number of aliphatic hydroxyl groups is 2. The number of benzene rings is 2. The molecule has 1 amide bonds. The van der Waals surface area contributed by atoms with Crippen molar-refractivity contribution >= 4 is 5.91 Å². The van der Waals surface area contributed by atoms with Gasteiger partial charge in [-0.3, -0.25) is 4.79 Å². The number of hydrogen-bond acceptors (Lipinski definition) is 7. The number of carbonyl (C=O) groups excluding carboxylic acids is 1. The van der Waals surface area contributed by atoms with Gasteiger partial charge < -0.3 is 34.5 Å². The van der Waals surface area contributed by atoms with Crippen LogP contribution in [0.15, 0.2) is 30.3 Å². The van der Waals surface area contributed by atoms with E-state index in [0.29, 0.717) is 43.1 Å². The quantitative estimate of drug-likeness (QED) is 0.532. The SMILES string of the molecule is COc1ccc(CC(=O)NCCc2ccc3c(c2)OCCO3)c(CO)c1OC(C)O. The lowest BCUT2D eigenvalue weighted by Crippen LogP contribution is -2.27. The Morgan fingerprint density at radius 2 is 1.97 bits per heavy atom. The highest BCUT2D eigenvalue weighted by atomic mass is 16.6. The van der Waals surface area contributed by atoms with Gasteiger partial charge in [0.1, 0.15) is 13.2 Å². The molecule has 0 radical (unpaired) electrons. The molecule has 1 aliphatic rings. The third-order valence-corrected chi connectivity index (χ3v) is 4.68. The molecule has 3 rings (SSSR count). The number of aliphatic hydroxyl groups excluding tert-OH is 2. The Balaban J connectivity index is 1.60. The minimum absolute atomic E-state index is 0.0667. The fourth-order valence-corrected chi connectivity index (χ4v) is 3.27. The molecule has 0 aromatic heterocycles. The zero-order valence-electron chi connectivity index (χ0n) is 17.1. The van der Waals surface area contributed by atoms with Gasteiger partial charge in [0.25, 0.3) is 0 Å². The highest BCUT2D eigenvalue weighted by molar-refractivity contribution is 5.79. The first kappa shape index (κ1) is 21.7. The Kier molecular flexibility index (Phi) is 7.37. The summed E-state index contributed by atoms with van der Waals surface area (Å²) in [4.78, 5) is 12.4. The van der Waals surface area contributed by atoms with Gasteiger partial charge in [0, 0.05) is 12.1 Å². The van der Waals surface area contributed by atoms with Gasteiger partial charge in [-0.1, -0.05) is 12.1 Å². The van der Waals surface area contributed by atoms with Crippen LogP contribution in [0.4, 0.5) is 0 Å². The molecule has 1 atom stereocenters. The molecule has 0 saturated heterocycles. The van der Waals surface area contributed by atoms with Crippen LogP contribution in [-0.4, -0.2) is 49.3 Å². The summed E-state index contributed by atoms with van der Waals surface area (Å²) in [6.45, 7) is 2.65. The first-order valence-corrected chi connectivity index (χ1v) is 9.81. The van der Waals surface area contributed by atoms with E-state index >= 15 is 0 Å². The zero-order valence-corrected chi connectivity index (χ0v) is 17.1. The van der Waals surface area contributed by atoms with Crippen LogP contribution in [0.1, 0.15) is 23.6 Å². The molecule has 3 N–H and O–H groups in total. The summed E-state index contributed by atoms with van der Waals surface area (Å²) in [6, 6.07) is 9.11. The molecule has 2 aromatic carbocycles. The van der Waals surface area contributed by atoms with Crippen LogP contribution in [-0.2, 0) is 24.2 Å². The van der Waals surface area contributed by atoms with E-state index in [4.69, 9.17) is 18.9 Å². The number of nitrogens with one attached hydrogen (secondary N) is 1. The van der Waals surface area contributed by atoms with E-state index < -0.39 is 6.29 Å². The first-order chi connectivity index (χ1) is 14.5. The van der Waals surface area contributed by atoms with Crippen LogP contribution in [0.3, 0.4) is 0 Å². The molecular formula is C22H27NO7. The average molecular weight is 417 g/mol. The van der Waals surface area contributed by atoms with E-state index in [9.17, 15) is 15.0 Å². The summed E-state index contributed by atoms with van der Waals surface area (Å²) in [5.74, 6) is 1.89. The van der Waals surface area contributed by atoms with Gasteiger partial charge in [-0.2, -0.15) is 0 Å². The number of methoxy groups -OCH3 is 1. The number of amides is 1. The van der Waals surface area contributed by atoms with Gasteiger partial charge in [0.15, 0.2) is 29.3 Å². The van der Waals surface area contributed by atoms with Gasteiger partial charge in [-0.25, -0.2) is 0 Å². The summed E-state index contributed by atoms with van der Waals surface area (Å²) in [6.07, 6.45) is -0.370. The average Bonchev–Trinajstić information content (AvgIpc) is 2.73. The van der Waals surface area contributed by atoms with Gasteiger partial charge in [-0.15, -0.1) is 0 Å².